The maximum atomic E-state index is 9.44. The van der Waals surface area contributed by atoms with Crippen LogP contribution in [0.2, 0.25) is 0 Å². The maximum Gasteiger partial charge on any atom is 0.0613 e. The molecule has 4 heteroatoms. The van der Waals surface area contributed by atoms with Crippen LogP contribution in [-0.4, -0.2) is 48.5 Å². The smallest absolute Gasteiger partial charge is 0.0613 e. The van der Waals surface area contributed by atoms with Crippen LogP contribution < -0.4 is 5.32 Å². The van der Waals surface area contributed by atoms with Crippen molar-refractivity contribution in [3.05, 3.63) is 0 Å². The highest BCUT2D eigenvalue weighted by molar-refractivity contribution is 7.99. The minimum absolute atomic E-state index is 0.0593. The van der Waals surface area contributed by atoms with Crippen molar-refractivity contribution < 1.29 is 9.84 Å². The Kier molecular flexibility index (Phi) is 7.51. The lowest BCUT2D eigenvalue weighted by molar-refractivity contribution is 0.1000. The molecule has 1 saturated heterocycles. The van der Waals surface area contributed by atoms with E-state index in [1.807, 2.05) is 7.05 Å². The van der Waals surface area contributed by atoms with Crippen LogP contribution in [0.1, 0.15) is 39.0 Å². The van der Waals surface area contributed by atoms with Crippen molar-refractivity contribution in [1.82, 2.24) is 5.32 Å². The zero-order valence-corrected chi connectivity index (χ0v) is 12.0. The molecule has 1 heterocycles. The van der Waals surface area contributed by atoms with Crippen molar-refractivity contribution in [2.45, 2.75) is 49.8 Å². The quantitative estimate of drug-likeness (QED) is 0.656. The number of aliphatic hydroxyl groups excluding tert-OH is 1. The van der Waals surface area contributed by atoms with Crippen LogP contribution in [0, 0.1) is 0 Å². The molecule has 102 valence electrons. The summed E-state index contributed by atoms with van der Waals surface area (Å²) in [6, 6.07) is 0. The summed E-state index contributed by atoms with van der Waals surface area (Å²) in [5.74, 6) is 1.20. The Labute approximate surface area is 110 Å². The van der Waals surface area contributed by atoms with Crippen LogP contribution in [-0.2, 0) is 4.74 Å². The Morgan fingerprint density at radius 2 is 2.12 bits per heavy atom. The SMILES string of the molecule is CCC(CO)(CCCSC1CCOCC1)NC. The molecule has 1 fully saturated rings. The second-order valence-electron chi connectivity index (χ2n) is 4.83. The summed E-state index contributed by atoms with van der Waals surface area (Å²) in [6.45, 7) is 4.24. The first-order valence-electron chi connectivity index (χ1n) is 6.75. The third-order valence-corrected chi connectivity index (χ3v) is 5.30. The van der Waals surface area contributed by atoms with Crippen molar-refractivity contribution >= 4 is 11.8 Å². The van der Waals surface area contributed by atoms with E-state index in [0.29, 0.717) is 0 Å². The molecule has 1 rings (SSSR count). The van der Waals surface area contributed by atoms with Gasteiger partial charge in [-0.1, -0.05) is 6.92 Å². The van der Waals surface area contributed by atoms with Crippen molar-refractivity contribution in [3.63, 3.8) is 0 Å². The molecule has 0 aromatic carbocycles. The predicted octanol–water partition coefficient (Wildman–Crippen LogP) is 2.04. The van der Waals surface area contributed by atoms with Gasteiger partial charge in [0.2, 0.25) is 0 Å². The summed E-state index contributed by atoms with van der Waals surface area (Å²) in [5.41, 5.74) is -0.0593. The van der Waals surface area contributed by atoms with Gasteiger partial charge in [-0.25, -0.2) is 0 Å². The maximum absolute atomic E-state index is 9.44. The number of hydrogen-bond acceptors (Lipinski definition) is 4. The molecule has 0 spiro atoms. The highest BCUT2D eigenvalue weighted by atomic mass is 32.2. The average Bonchev–Trinajstić information content (AvgIpc) is 2.41. The molecule has 0 saturated carbocycles. The number of hydrogen-bond donors (Lipinski definition) is 2. The molecule has 1 aliphatic rings. The Morgan fingerprint density at radius 3 is 2.65 bits per heavy atom. The van der Waals surface area contributed by atoms with Gasteiger partial charge >= 0.3 is 0 Å². The largest absolute Gasteiger partial charge is 0.394 e. The van der Waals surface area contributed by atoms with Gasteiger partial charge in [0.25, 0.3) is 0 Å². The van der Waals surface area contributed by atoms with E-state index >= 15 is 0 Å². The van der Waals surface area contributed by atoms with Crippen LogP contribution in [0.3, 0.4) is 0 Å². The zero-order chi connectivity index (χ0) is 12.6. The molecule has 0 aliphatic carbocycles. The fourth-order valence-corrected chi connectivity index (χ4v) is 3.42. The molecule has 1 atom stereocenters. The molecule has 0 aromatic rings. The third kappa shape index (κ3) is 5.16. The van der Waals surface area contributed by atoms with Crippen molar-refractivity contribution in [2.24, 2.45) is 0 Å². The first-order chi connectivity index (χ1) is 8.26. The molecule has 2 N–H and O–H groups in total. The number of thioether (sulfide) groups is 1. The molecular formula is C13H27NO2S. The Morgan fingerprint density at radius 1 is 1.41 bits per heavy atom. The second kappa shape index (κ2) is 8.35. The number of nitrogens with one attached hydrogen (secondary N) is 1. The van der Waals surface area contributed by atoms with Crippen LogP contribution in [0.5, 0.6) is 0 Å². The van der Waals surface area contributed by atoms with Crippen molar-refractivity contribution in [1.29, 1.82) is 0 Å². The van der Waals surface area contributed by atoms with Gasteiger partial charge in [0.15, 0.2) is 0 Å². The fourth-order valence-electron chi connectivity index (χ4n) is 2.25. The highest BCUT2D eigenvalue weighted by Crippen LogP contribution is 2.25. The van der Waals surface area contributed by atoms with Gasteiger partial charge < -0.3 is 15.2 Å². The molecule has 0 radical (unpaired) electrons. The molecule has 0 aromatic heterocycles. The van der Waals surface area contributed by atoms with E-state index in [2.05, 4.69) is 24.0 Å². The van der Waals surface area contributed by atoms with Gasteiger partial charge in [-0.3, -0.25) is 0 Å². The van der Waals surface area contributed by atoms with Crippen LogP contribution in [0.25, 0.3) is 0 Å². The molecule has 1 aliphatic heterocycles. The van der Waals surface area contributed by atoms with Gasteiger partial charge in [0.05, 0.1) is 6.61 Å². The fraction of sp³-hybridized carbons (Fsp3) is 1.00. The second-order valence-corrected chi connectivity index (χ2v) is 6.24. The van der Waals surface area contributed by atoms with Gasteiger partial charge in [0.1, 0.15) is 0 Å². The monoisotopic (exact) mass is 261 g/mol. The number of aliphatic hydroxyl groups is 1. The lowest BCUT2D eigenvalue weighted by Crippen LogP contribution is -2.45. The minimum atomic E-state index is -0.0593. The molecule has 1 unspecified atom stereocenters. The Bertz CT molecular complexity index is 184. The van der Waals surface area contributed by atoms with E-state index in [1.54, 1.807) is 0 Å². The first kappa shape index (κ1) is 15.3. The van der Waals surface area contributed by atoms with Crippen LogP contribution >= 0.6 is 11.8 Å². The topological polar surface area (TPSA) is 41.5 Å². The molecule has 0 bridgehead atoms. The normalized spacial score (nSPS) is 21.4. The summed E-state index contributed by atoms with van der Waals surface area (Å²) in [4.78, 5) is 0. The number of ether oxygens (including phenoxy) is 1. The predicted molar refractivity (Wildman–Crippen MR) is 74.7 cm³/mol. The Hall–Kier alpha value is 0.230. The summed E-state index contributed by atoms with van der Waals surface area (Å²) in [5, 5.41) is 13.5. The van der Waals surface area contributed by atoms with E-state index < -0.39 is 0 Å². The number of rotatable bonds is 8. The molecule has 0 amide bonds. The van der Waals surface area contributed by atoms with E-state index in [0.717, 1.165) is 31.3 Å². The van der Waals surface area contributed by atoms with Gasteiger partial charge in [-0.2, -0.15) is 11.8 Å². The zero-order valence-electron chi connectivity index (χ0n) is 11.2. The third-order valence-electron chi connectivity index (χ3n) is 3.83. The van der Waals surface area contributed by atoms with Gasteiger partial charge in [-0.15, -0.1) is 0 Å². The van der Waals surface area contributed by atoms with E-state index in [1.165, 1.54) is 25.0 Å². The number of likely N-dealkylation sites (N-methyl/N-ethyl adjacent to an activating group) is 1. The minimum Gasteiger partial charge on any atom is -0.394 e. The Balaban J connectivity index is 2.13. The average molecular weight is 261 g/mol. The molecular weight excluding hydrogens is 234 g/mol. The molecule has 3 nitrogen and oxygen atoms in total. The summed E-state index contributed by atoms with van der Waals surface area (Å²) in [6.07, 6.45) is 5.64. The summed E-state index contributed by atoms with van der Waals surface area (Å²) in [7, 11) is 1.95. The van der Waals surface area contributed by atoms with Crippen molar-refractivity contribution in [2.75, 3.05) is 32.6 Å². The lowest BCUT2D eigenvalue weighted by Gasteiger charge is -2.30. The van der Waals surface area contributed by atoms with E-state index in [4.69, 9.17) is 4.74 Å². The van der Waals surface area contributed by atoms with E-state index in [-0.39, 0.29) is 12.1 Å². The summed E-state index contributed by atoms with van der Waals surface area (Å²) < 4.78 is 5.36. The van der Waals surface area contributed by atoms with Crippen LogP contribution in [0.15, 0.2) is 0 Å². The van der Waals surface area contributed by atoms with Crippen LogP contribution in [0.4, 0.5) is 0 Å². The highest BCUT2D eigenvalue weighted by Gasteiger charge is 2.24. The lowest BCUT2D eigenvalue weighted by atomic mass is 9.92. The summed E-state index contributed by atoms with van der Waals surface area (Å²) >= 11 is 2.08. The van der Waals surface area contributed by atoms with Gasteiger partial charge in [-0.05, 0) is 44.9 Å². The van der Waals surface area contributed by atoms with Gasteiger partial charge in [0, 0.05) is 24.0 Å². The first-order valence-corrected chi connectivity index (χ1v) is 7.80. The standard InChI is InChI=1S/C13H27NO2S/c1-3-13(11-15,14-2)7-4-10-17-12-5-8-16-9-6-12/h12,14-15H,3-11H2,1-2H3. The molecule has 17 heavy (non-hydrogen) atoms. The van der Waals surface area contributed by atoms with Crippen molar-refractivity contribution in [3.8, 4) is 0 Å². The van der Waals surface area contributed by atoms with E-state index in [9.17, 15) is 5.11 Å².